The molecule has 1 fully saturated rings. The number of hydrogen-bond donors (Lipinski definition) is 2. The number of fused-ring (bicyclic) bond motifs is 1. The molecule has 2 aliphatic rings. The van der Waals surface area contributed by atoms with Gasteiger partial charge in [0.05, 0.1) is 16.7 Å². The van der Waals surface area contributed by atoms with Crippen LogP contribution < -0.4 is 10.5 Å². The van der Waals surface area contributed by atoms with Crippen molar-refractivity contribution in [1.82, 2.24) is 10.2 Å². The smallest absolute Gasteiger partial charge is 0.240 e. The number of benzene rings is 1. The van der Waals surface area contributed by atoms with E-state index >= 15 is 0 Å². The van der Waals surface area contributed by atoms with Crippen LogP contribution in [-0.4, -0.2) is 44.1 Å². The standard InChI is InChI=1S/C18H21N3O5S/c19-27(25,26)13-7-5-12(6-8-13)9-10-20-16(22)11-21-17(23)14-3-1-2-4-15(14)18(21)24/h1-2,5-8,14-15H,3-4,9-11H2,(H,20,22)(H2,19,25,26)/t14-,15+. The van der Waals surface area contributed by atoms with Crippen LogP contribution in [0.3, 0.4) is 0 Å². The van der Waals surface area contributed by atoms with Crippen LogP contribution in [-0.2, 0) is 30.8 Å². The number of carbonyl (C=O) groups is 3. The van der Waals surface area contributed by atoms with Crippen molar-refractivity contribution in [2.24, 2.45) is 17.0 Å². The topological polar surface area (TPSA) is 127 Å². The molecule has 0 spiro atoms. The molecular weight excluding hydrogens is 370 g/mol. The van der Waals surface area contributed by atoms with Crippen molar-refractivity contribution in [3.05, 3.63) is 42.0 Å². The van der Waals surface area contributed by atoms with Gasteiger partial charge in [0.1, 0.15) is 6.54 Å². The van der Waals surface area contributed by atoms with Gasteiger partial charge in [0.2, 0.25) is 27.7 Å². The van der Waals surface area contributed by atoms with E-state index in [-0.39, 0.29) is 35.1 Å². The van der Waals surface area contributed by atoms with Gasteiger partial charge in [-0.15, -0.1) is 0 Å². The van der Waals surface area contributed by atoms with E-state index < -0.39 is 15.9 Å². The summed E-state index contributed by atoms with van der Waals surface area (Å²) < 4.78 is 22.4. The first kappa shape index (κ1) is 19.2. The third-order valence-electron chi connectivity index (χ3n) is 4.89. The Labute approximate surface area is 157 Å². The van der Waals surface area contributed by atoms with Gasteiger partial charge in [-0.3, -0.25) is 19.3 Å². The van der Waals surface area contributed by atoms with E-state index in [0.29, 0.717) is 25.8 Å². The van der Waals surface area contributed by atoms with Gasteiger partial charge in [0.25, 0.3) is 0 Å². The summed E-state index contributed by atoms with van der Waals surface area (Å²) in [4.78, 5) is 37.8. The number of sulfonamides is 1. The Kier molecular flexibility index (Phi) is 5.43. The van der Waals surface area contributed by atoms with Crippen molar-refractivity contribution >= 4 is 27.7 Å². The summed E-state index contributed by atoms with van der Waals surface area (Å²) in [6, 6.07) is 6.06. The summed E-state index contributed by atoms with van der Waals surface area (Å²) in [7, 11) is -3.73. The minimum absolute atomic E-state index is 0.0253. The highest BCUT2D eigenvalue weighted by Crippen LogP contribution is 2.34. The Balaban J connectivity index is 1.49. The van der Waals surface area contributed by atoms with Crippen molar-refractivity contribution in [1.29, 1.82) is 0 Å². The molecule has 3 rings (SSSR count). The molecule has 144 valence electrons. The number of hydrogen-bond acceptors (Lipinski definition) is 5. The molecule has 27 heavy (non-hydrogen) atoms. The molecule has 9 heteroatoms. The number of nitrogens with one attached hydrogen (secondary N) is 1. The lowest BCUT2D eigenvalue weighted by atomic mass is 9.85. The van der Waals surface area contributed by atoms with Gasteiger partial charge in [-0.1, -0.05) is 24.3 Å². The summed E-state index contributed by atoms with van der Waals surface area (Å²) in [6.07, 6.45) is 5.37. The number of amides is 3. The molecule has 1 saturated heterocycles. The maximum absolute atomic E-state index is 12.3. The van der Waals surface area contributed by atoms with Crippen LogP contribution in [0.25, 0.3) is 0 Å². The van der Waals surface area contributed by atoms with E-state index in [1.807, 2.05) is 12.2 Å². The monoisotopic (exact) mass is 391 g/mol. The zero-order valence-electron chi connectivity index (χ0n) is 14.6. The van der Waals surface area contributed by atoms with Gasteiger partial charge in [-0.05, 0) is 37.0 Å². The molecule has 3 amide bonds. The van der Waals surface area contributed by atoms with Gasteiger partial charge in [-0.25, -0.2) is 13.6 Å². The molecule has 0 aromatic heterocycles. The number of carbonyl (C=O) groups excluding carboxylic acids is 3. The number of allylic oxidation sites excluding steroid dienone is 2. The zero-order valence-corrected chi connectivity index (χ0v) is 15.4. The van der Waals surface area contributed by atoms with Crippen LogP contribution in [0.15, 0.2) is 41.3 Å². The molecule has 0 bridgehead atoms. The maximum atomic E-state index is 12.3. The minimum Gasteiger partial charge on any atom is -0.354 e. The second kappa shape index (κ2) is 7.61. The predicted molar refractivity (Wildman–Crippen MR) is 96.6 cm³/mol. The van der Waals surface area contributed by atoms with Gasteiger partial charge in [-0.2, -0.15) is 0 Å². The second-order valence-corrected chi connectivity index (χ2v) is 8.27. The lowest BCUT2D eigenvalue weighted by molar-refractivity contribution is -0.143. The summed E-state index contributed by atoms with van der Waals surface area (Å²) >= 11 is 0. The van der Waals surface area contributed by atoms with Gasteiger partial charge >= 0.3 is 0 Å². The number of primary sulfonamides is 1. The highest BCUT2D eigenvalue weighted by Gasteiger charge is 2.47. The molecule has 1 aromatic carbocycles. The number of nitrogens with zero attached hydrogens (tertiary/aromatic N) is 1. The number of rotatable bonds is 6. The Bertz CT molecular complexity index is 866. The van der Waals surface area contributed by atoms with Gasteiger partial charge in [0, 0.05) is 6.54 Å². The van der Waals surface area contributed by atoms with E-state index in [0.717, 1.165) is 10.5 Å². The van der Waals surface area contributed by atoms with E-state index in [1.165, 1.54) is 12.1 Å². The van der Waals surface area contributed by atoms with Gasteiger partial charge in [0.15, 0.2) is 0 Å². The van der Waals surface area contributed by atoms with Crippen molar-refractivity contribution in [3.8, 4) is 0 Å². The van der Waals surface area contributed by atoms with Crippen molar-refractivity contribution < 1.29 is 22.8 Å². The van der Waals surface area contributed by atoms with Crippen LogP contribution in [0.5, 0.6) is 0 Å². The summed E-state index contributed by atoms with van der Waals surface area (Å²) in [6.45, 7) is 0.0349. The summed E-state index contributed by atoms with van der Waals surface area (Å²) in [5.41, 5.74) is 0.827. The molecule has 2 atom stereocenters. The molecule has 0 saturated carbocycles. The number of imide groups is 1. The quantitative estimate of drug-likeness (QED) is 0.519. The Morgan fingerprint density at radius 3 is 2.15 bits per heavy atom. The fraction of sp³-hybridized carbons (Fsp3) is 0.389. The zero-order chi connectivity index (χ0) is 19.6. The van der Waals surface area contributed by atoms with Crippen LogP contribution in [0.1, 0.15) is 18.4 Å². The molecule has 1 aliphatic heterocycles. The van der Waals surface area contributed by atoms with Crippen molar-refractivity contribution in [2.45, 2.75) is 24.2 Å². The van der Waals surface area contributed by atoms with Crippen molar-refractivity contribution in [2.75, 3.05) is 13.1 Å². The molecular formula is C18H21N3O5S. The van der Waals surface area contributed by atoms with E-state index in [9.17, 15) is 22.8 Å². The summed E-state index contributed by atoms with van der Waals surface area (Å²) in [5.74, 6) is -1.63. The highest BCUT2D eigenvalue weighted by molar-refractivity contribution is 7.89. The van der Waals surface area contributed by atoms with Crippen molar-refractivity contribution in [3.63, 3.8) is 0 Å². The fourth-order valence-electron chi connectivity index (χ4n) is 3.42. The van der Waals surface area contributed by atoms with Crippen LogP contribution in [0, 0.1) is 11.8 Å². The van der Waals surface area contributed by atoms with Gasteiger partial charge < -0.3 is 5.32 Å². The highest BCUT2D eigenvalue weighted by atomic mass is 32.2. The molecule has 0 unspecified atom stereocenters. The Morgan fingerprint density at radius 2 is 1.63 bits per heavy atom. The first-order chi connectivity index (χ1) is 12.8. The average Bonchev–Trinajstić information content (AvgIpc) is 2.87. The maximum Gasteiger partial charge on any atom is 0.240 e. The van der Waals surface area contributed by atoms with Crippen LogP contribution in [0.2, 0.25) is 0 Å². The first-order valence-electron chi connectivity index (χ1n) is 8.66. The molecule has 1 aromatic rings. The fourth-order valence-corrected chi connectivity index (χ4v) is 3.93. The molecule has 0 radical (unpaired) electrons. The third-order valence-corrected chi connectivity index (χ3v) is 5.82. The number of nitrogens with two attached hydrogens (primary N) is 1. The second-order valence-electron chi connectivity index (χ2n) is 6.71. The molecule has 8 nitrogen and oxygen atoms in total. The van der Waals surface area contributed by atoms with Crippen LogP contribution in [0.4, 0.5) is 0 Å². The average molecular weight is 391 g/mol. The minimum atomic E-state index is -3.73. The lowest BCUT2D eigenvalue weighted by Gasteiger charge is -2.14. The molecule has 3 N–H and O–H groups in total. The van der Waals surface area contributed by atoms with E-state index in [4.69, 9.17) is 5.14 Å². The Morgan fingerprint density at radius 1 is 1.07 bits per heavy atom. The van der Waals surface area contributed by atoms with Crippen LogP contribution >= 0.6 is 0 Å². The Hall–Kier alpha value is -2.52. The predicted octanol–water partition coefficient (Wildman–Crippen LogP) is -0.0561. The SMILES string of the molecule is NS(=O)(=O)c1ccc(CCNC(=O)CN2C(=O)[C@H]3CC=CC[C@H]3C2=O)cc1. The first-order valence-corrected chi connectivity index (χ1v) is 10.2. The summed E-state index contributed by atoms with van der Waals surface area (Å²) in [5, 5.41) is 7.72. The normalized spacial score (nSPS) is 22.0. The molecule has 1 heterocycles. The number of likely N-dealkylation sites (tertiary alicyclic amines) is 1. The molecule has 1 aliphatic carbocycles. The third kappa shape index (κ3) is 4.25. The van der Waals surface area contributed by atoms with E-state index in [1.54, 1.807) is 12.1 Å². The van der Waals surface area contributed by atoms with E-state index in [2.05, 4.69) is 5.32 Å². The lowest BCUT2D eigenvalue weighted by Crippen LogP contribution is -2.41. The largest absolute Gasteiger partial charge is 0.354 e.